The molecule has 2 amide bonds. The summed E-state index contributed by atoms with van der Waals surface area (Å²) in [5.41, 5.74) is 1.77. The zero-order valence-electron chi connectivity index (χ0n) is 20.5. The third-order valence-electron chi connectivity index (χ3n) is 6.04. The Morgan fingerprint density at radius 2 is 1.86 bits per heavy atom. The average molecular weight is 512 g/mol. The topological polar surface area (TPSA) is 151 Å². The predicted octanol–water partition coefficient (Wildman–Crippen LogP) is 1.50. The first-order valence-electron chi connectivity index (χ1n) is 12.2. The molecule has 5 atom stereocenters. The van der Waals surface area contributed by atoms with Gasteiger partial charge in [0.2, 0.25) is 0 Å². The van der Waals surface area contributed by atoms with Crippen molar-refractivity contribution in [3.63, 3.8) is 0 Å². The summed E-state index contributed by atoms with van der Waals surface area (Å²) >= 11 is 0. The summed E-state index contributed by atoms with van der Waals surface area (Å²) in [5.74, 6) is -0.0635. The summed E-state index contributed by atoms with van der Waals surface area (Å²) in [6.45, 7) is 4.76. The zero-order chi connectivity index (χ0) is 25.8. The van der Waals surface area contributed by atoms with Crippen LogP contribution in [0, 0.1) is 0 Å². The smallest absolute Gasteiger partial charge is 0.320 e. The number of carbonyl (C=O) groups is 2. The molecule has 0 bridgehead atoms. The van der Waals surface area contributed by atoms with Crippen LogP contribution >= 0.6 is 0 Å². The third kappa shape index (κ3) is 5.25. The maximum absolute atomic E-state index is 12.1. The molecule has 0 aliphatic carbocycles. The fraction of sp³-hybridized carbons (Fsp3) is 0.458. The van der Waals surface area contributed by atoms with Crippen molar-refractivity contribution >= 4 is 29.0 Å². The number of aromatic nitrogens is 4. The molecular weight excluding hydrogens is 482 g/mol. The lowest BCUT2D eigenvalue weighted by Gasteiger charge is -2.21. The molecule has 2 saturated heterocycles. The number of hydrogen-bond acceptors (Lipinski definition) is 10. The Hall–Kier alpha value is -3.65. The Labute approximate surface area is 212 Å². The molecule has 1 aromatic carbocycles. The molecule has 37 heavy (non-hydrogen) atoms. The molecule has 2 fully saturated rings. The third-order valence-corrected chi connectivity index (χ3v) is 6.04. The van der Waals surface area contributed by atoms with Gasteiger partial charge in [0.05, 0.1) is 19.5 Å². The number of anilines is 1. The van der Waals surface area contributed by atoms with Gasteiger partial charge in [-0.1, -0.05) is 30.3 Å². The largest absolute Gasteiger partial charge is 0.465 e. The van der Waals surface area contributed by atoms with E-state index in [1.165, 1.54) is 6.33 Å². The van der Waals surface area contributed by atoms with Crippen LogP contribution in [0.2, 0.25) is 0 Å². The average Bonchev–Trinajstić information content (AvgIpc) is 3.60. The number of imidazole rings is 1. The summed E-state index contributed by atoms with van der Waals surface area (Å²) in [6.07, 6.45) is 0.414. The maximum atomic E-state index is 12.1. The summed E-state index contributed by atoms with van der Waals surface area (Å²) in [6, 6.07) is 9.26. The van der Waals surface area contributed by atoms with E-state index in [9.17, 15) is 9.59 Å². The van der Waals surface area contributed by atoms with Crippen molar-refractivity contribution in [3.8, 4) is 0 Å². The van der Waals surface area contributed by atoms with Gasteiger partial charge in [0.25, 0.3) is 0 Å². The van der Waals surface area contributed by atoms with Crippen LogP contribution in [0.4, 0.5) is 10.6 Å². The first kappa shape index (κ1) is 25.0. The van der Waals surface area contributed by atoms with Crippen LogP contribution in [0.3, 0.4) is 0 Å². The van der Waals surface area contributed by atoms with Gasteiger partial charge in [0.15, 0.2) is 29.5 Å². The van der Waals surface area contributed by atoms with E-state index in [2.05, 4.69) is 30.9 Å². The Morgan fingerprint density at radius 3 is 2.65 bits per heavy atom. The Kier molecular flexibility index (Phi) is 7.55. The molecule has 2 aromatic heterocycles. The first-order valence-corrected chi connectivity index (χ1v) is 12.2. The lowest BCUT2D eigenvalue weighted by atomic mass is 10.1. The second-order valence-corrected chi connectivity index (χ2v) is 8.48. The molecule has 0 radical (unpaired) electrons. The summed E-state index contributed by atoms with van der Waals surface area (Å²) < 4.78 is 25.7. The molecule has 13 nitrogen and oxygen atoms in total. The normalized spacial score (nSPS) is 24.6. The highest BCUT2D eigenvalue weighted by Crippen LogP contribution is 2.44. The van der Waals surface area contributed by atoms with E-state index in [-0.39, 0.29) is 24.4 Å². The summed E-state index contributed by atoms with van der Waals surface area (Å²) in [4.78, 5) is 36.8. The standard InChI is InChI=1S/C24H29N7O6/c1-3-26-24(33)30-20-17-21(28-12-27-20)31(13-29-17)22-19-18(15(35-22)10-25-11-16(32)34-4-2)36-23(37-19)14-8-6-5-7-9-14/h5-9,12-13,15,18-19,22-23,25H,3-4,10-11H2,1-2H3,(H2,26,27,28,30,33)/t15?,18?,19?,22?,23-/m0/s1. The van der Waals surface area contributed by atoms with Gasteiger partial charge in [0, 0.05) is 18.7 Å². The van der Waals surface area contributed by atoms with Crippen molar-refractivity contribution < 1.29 is 28.5 Å². The van der Waals surface area contributed by atoms with Gasteiger partial charge < -0.3 is 29.6 Å². The monoisotopic (exact) mass is 511 g/mol. The number of benzene rings is 1. The SMILES string of the molecule is CCNC(=O)Nc1ncnc2c1ncn2C1OC(CNCC(=O)OCC)C2O[C@H](c3ccccc3)OC21. The molecule has 4 heterocycles. The number of ether oxygens (including phenoxy) is 4. The lowest BCUT2D eigenvalue weighted by Crippen LogP contribution is -2.38. The number of nitrogens with one attached hydrogen (secondary N) is 3. The number of carbonyl (C=O) groups excluding carboxylic acids is 2. The predicted molar refractivity (Wildman–Crippen MR) is 130 cm³/mol. The van der Waals surface area contributed by atoms with Gasteiger partial charge in [-0.15, -0.1) is 0 Å². The van der Waals surface area contributed by atoms with Crippen molar-refractivity contribution in [1.82, 2.24) is 30.2 Å². The number of hydrogen-bond donors (Lipinski definition) is 3. The van der Waals surface area contributed by atoms with Gasteiger partial charge in [-0.05, 0) is 13.8 Å². The van der Waals surface area contributed by atoms with Crippen molar-refractivity contribution in [3.05, 3.63) is 48.5 Å². The van der Waals surface area contributed by atoms with Crippen molar-refractivity contribution in [2.75, 3.05) is 31.6 Å². The van der Waals surface area contributed by atoms with E-state index < -0.39 is 30.8 Å². The van der Waals surface area contributed by atoms with Crippen molar-refractivity contribution in [2.24, 2.45) is 0 Å². The van der Waals surface area contributed by atoms with Crippen LogP contribution in [0.15, 0.2) is 43.0 Å². The van der Waals surface area contributed by atoms with E-state index in [0.29, 0.717) is 30.9 Å². The molecule has 5 rings (SSSR count). The van der Waals surface area contributed by atoms with Crippen LogP contribution in [0.1, 0.15) is 31.9 Å². The highest BCUT2D eigenvalue weighted by molar-refractivity contribution is 5.95. The van der Waals surface area contributed by atoms with Crippen LogP contribution < -0.4 is 16.0 Å². The molecule has 0 saturated carbocycles. The minimum absolute atomic E-state index is 0.0504. The van der Waals surface area contributed by atoms with Gasteiger partial charge in [-0.25, -0.2) is 19.7 Å². The van der Waals surface area contributed by atoms with Gasteiger partial charge in [-0.2, -0.15) is 0 Å². The second kappa shape index (κ2) is 11.2. The molecule has 0 spiro atoms. The van der Waals surface area contributed by atoms with E-state index in [1.54, 1.807) is 17.8 Å². The van der Waals surface area contributed by atoms with E-state index in [1.807, 2.05) is 37.3 Å². The molecule has 3 aromatic rings. The number of rotatable bonds is 9. The molecule has 3 N–H and O–H groups in total. The van der Waals surface area contributed by atoms with Crippen LogP contribution in [0.5, 0.6) is 0 Å². The van der Waals surface area contributed by atoms with Gasteiger partial charge >= 0.3 is 12.0 Å². The quantitative estimate of drug-likeness (QED) is 0.361. The first-order chi connectivity index (χ1) is 18.1. The molecule has 13 heteroatoms. The second-order valence-electron chi connectivity index (χ2n) is 8.48. The maximum Gasteiger partial charge on any atom is 0.320 e. The van der Waals surface area contributed by atoms with Gasteiger partial charge in [0.1, 0.15) is 24.6 Å². The molecule has 2 aliphatic rings. The van der Waals surface area contributed by atoms with Crippen molar-refractivity contribution in [1.29, 1.82) is 0 Å². The summed E-state index contributed by atoms with van der Waals surface area (Å²) in [5, 5.41) is 8.45. The lowest BCUT2D eigenvalue weighted by molar-refractivity contribution is -0.148. The molecule has 2 aliphatic heterocycles. The number of amides is 2. The van der Waals surface area contributed by atoms with Crippen LogP contribution in [-0.2, 0) is 23.7 Å². The van der Waals surface area contributed by atoms with E-state index in [4.69, 9.17) is 18.9 Å². The number of fused-ring (bicyclic) bond motifs is 2. The van der Waals surface area contributed by atoms with E-state index >= 15 is 0 Å². The number of nitrogens with zero attached hydrogens (tertiary/aromatic N) is 4. The Morgan fingerprint density at radius 1 is 1.05 bits per heavy atom. The minimum atomic E-state index is -0.620. The van der Waals surface area contributed by atoms with Crippen molar-refractivity contribution in [2.45, 2.75) is 44.7 Å². The molecule has 196 valence electrons. The highest BCUT2D eigenvalue weighted by atomic mass is 16.8. The van der Waals surface area contributed by atoms with Crippen LogP contribution in [0.25, 0.3) is 11.2 Å². The Balaban J connectivity index is 1.40. The number of urea groups is 1. The molecular formula is C24H29N7O6. The minimum Gasteiger partial charge on any atom is -0.465 e. The number of esters is 1. The summed E-state index contributed by atoms with van der Waals surface area (Å²) in [7, 11) is 0. The van der Waals surface area contributed by atoms with Gasteiger partial charge in [-0.3, -0.25) is 14.7 Å². The fourth-order valence-corrected chi connectivity index (χ4v) is 4.46. The highest BCUT2D eigenvalue weighted by Gasteiger charge is 2.53. The zero-order valence-corrected chi connectivity index (χ0v) is 20.5. The van der Waals surface area contributed by atoms with E-state index in [0.717, 1.165) is 5.56 Å². The van der Waals surface area contributed by atoms with Crippen LogP contribution in [-0.4, -0.2) is 76.1 Å². The molecule has 4 unspecified atom stereocenters. The Bertz CT molecular complexity index is 1240. The fourth-order valence-electron chi connectivity index (χ4n) is 4.46.